The smallest absolute Gasteiger partial charge is 0.234 e. The van der Waals surface area contributed by atoms with E-state index in [2.05, 4.69) is 45.1 Å². The van der Waals surface area contributed by atoms with E-state index in [4.69, 9.17) is 0 Å². The van der Waals surface area contributed by atoms with Gasteiger partial charge < -0.3 is 5.32 Å². The molecule has 1 N–H and O–H groups in total. The van der Waals surface area contributed by atoms with Crippen molar-refractivity contribution in [2.45, 2.75) is 51.9 Å². The molecule has 2 heteroatoms. The van der Waals surface area contributed by atoms with E-state index in [-0.39, 0.29) is 16.7 Å². The molecule has 0 aromatic heterocycles. The predicted octanol–water partition coefficient (Wildman–Crippen LogP) is 3.60. The summed E-state index contributed by atoms with van der Waals surface area (Å²) in [4.78, 5) is 12.0. The Morgan fingerprint density at radius 1 is 1.29 bits per heavy atom. The highest BCUT2D eigenvalue weighted by Crippen LogP contribution is 2.41. The summed E-state index contributed by atoms with van der Waals surface area (Å²) in [6, 6.07) is 6.34. The van der Waals surface area contributed by atoms with Crippen molar-refractivity contribution in [3.05, 3.63) is 29.3 Å². The third-order valence-electron chi connectivity index (χ3n) is 3.94. The van der Waals surface area contributed by atoms with Gasteiger partial charge >= 0.3 is 0 Å². The van der Waals surface area contributed by atoms with Crippen LogP contribution in [0.4, 0.5) is 5.69 Å². The third-order valence-corrected chi connectivity index (χ3v) is 3.94. The van der Waals surface area contributed by atoms with Gasteiger partial charge in [-0.3, -0.25) is 4.79 Å². The number of fused-ring (bicyclic) bond motifs is 1. The van der Waals surface area contributed by atoms with Gasteiger partial charge in [0.2, 0.25) is 5.91 Å². The van der Waals surface area contributed by atoms with Crippen molar-refractivity contribution in [2.75, 3.05) is 5.32 Å². The van der Waals surface area contributed by atoms with E-state index in [1.54, 1.807) is 0 Å². The van der Waals surface area contributed by atoms with Gasteiger partial charge in [-0.1, -0.05) is 39.8 Å². The van der Waals surface area contributed by atoms with Crippen LogP contribution in [0, 0.1) is 0 Å². The molecule has 0 aliphatic carbocycles. The van der Waals surface area contributed by atoms with E-state index in [0.717, 1.165) is 17.7 Å². The maximum atomic E-state index is 12.0. The highest BCUT2D eigenvalue weighted by molar-refractivity contribution is 6.05. The van der Waals surface area contributed by atoms with Crippen LogP contribution < -0.4 is 5.32 Å². The number of amides is 1. The summed E-state index contributed by atoms with van der Waals surface area (Å²) in [6.07, 6.45) is 0.833. The molecule has 0 saturated carbocycles. The van der Waals surface area contributed by atoms with E-state index in [1.807, 2.05) is 13.0 Å². The number of nitrogens with one attached hydrogen (secondary N) is 1. The van der Waals surface area contributed by atoms with E-state index in [9.17, 15) is 4.79 Å². The fourth-order valence-electron chi connectivity index (χ4n) is 2.31. The molecule has 1 aromatic carbocycles. The molecule has 1 unspecified atom stereocenters. The van der Waals surface area contributed by atoms with Crippen LogP contribution in [0.25, 0.3) is 0 Å². The maximum absolute atomic E-state index is 12.0. The molecule has 1 aliphatic heterocycles. The van der Waals surface area contributed by atoms with E-state index >= 15 is 0 Å². The molecule has 0 saturated heterocycles. The second kappa shape index (κ2) is 3.59. The van der Waals surface area contributed by atoms with Gasteiger partial charge in [-0.25, -0.2) is 0 Å². The monoisotopic (exact) mass is 231 g/mol. The molecule has 0 radical (unpaired) electrons. The minimum Gasteiger partial charge on any atom is -0.325 e. The SMILES string of the molecule is CCC1(C)C(=O)Nc2ccc(C(C)(C)C)cc21. The summed E-state index contributed by atoms with van der Waals surface area (Å²) in [5, 5.41) is 2.98. The summed E-state index contributed by atoms with van der Waals surface area (Å²) in [5.41, 5.74) is 3.17. The molecule has 1 heterocycles. The number of benzene rings is 1. The molecule has 2 nitrogen and oxygen atoms in total. The average Bonchev–Trinajstić information content (AvgIpc) is 2.50. The molecule has 1 atom stereocenters. The second-order valence-corrected chi connectivity index (χ2v) is 6.15. The lowest BCUT2D eigenvalue weighted by Crippen LogP contribution is -2.30. The van der Waals surface area contributed by atoms with Crippen molar-refractivity contribution in [1.29, 1.82) is 0 Å². The number of rotatable bonds is 1. The molecule has 2 rings (SSSR count). The van der Waals surface area contributed by atoms with Crippen LogP contribution in [-0.4, -0.2) is 5.91 Å². The van der Waals surface area contributed by atoms with Crippen LogP contribution in [0.5, 0.6) is 0 Å². The van der Waals surface area contributed by atoms with Crippen LogP contribution in [0.1, 0.15) is 52.2 Å². The lowest BCUT2D eigenvalue weighted by atomic mass is 9.78. The Morgan fingerprint density at radius 3 is 2.47 bits per heavy atom. The van der Waals surface area contributed by atoms with E-state index in [0.29, 0.717) is 0 Å². The van der Waals surface area contributed by atoms with Crippen LogP contribution in [-0.2, 0) is 15.6 Å². The van der Waals surface area contributed by atoms with Gasteiger partial charge in [0, 0.05) is 5.69 Å². The lowest BCUT2D eigenvalue weighted by molar-refractivity contribution is -0.120. The quantitative estimate of drug-likeness (QED) is 0.786. The first kappa shape index (κ1) is 12.2. The summed E-state index contributed by atoms with van der Waals surface area (Å²) < 4.78 is 0. The fraction of sp³-hybridized carbons (Fsp3) is 0.533. The topological polar surface area (TPSA) is 29.1 Å². The summed E-state index contributed by atoms with van der Waals surface area (Å²) in [5.74, 6) is 0.126. The van der Waals surface area contributed by atoms with Crippen molar-refractivity contribution in [2.24, 2.45) is 0 Å². The van der Waals surface area contributed by atoms with Crippen LogP contribution in [0.2, 0.25) is 0 Å². The third kappa shape index (κ3) is 1.76. The Labute approximate surface area is 103 Å². The molecule has 0 spiro atoms. The number of hydrogen-bond donors (Lipinski definition) is 1. The van der Waals surface area contributed by atoms with Gasteiger partial charge in [0.1, 0.15) is 0 Å². The largest absolute Gasteiger partial charge is 0.325 e. The predicted molar refractivity (Wildman–Crippen MR) is 71.4 cm³/mol. The molecule has 17 heavy (non-hydrogen) atoms. The van der Waals surface area contributed by atoms with Gasteiger partial charge in [0.25, 0.3) is 0 Å². The molecule has 0 bridgehead atoms. The lowest BCUT2D eigenvalue weighted by Gasteiger charge is -2.24. The Hall–Kier alpha value is -1.31. The molecule has 0 fully saturated rings. The number of anilines is 1. The first-order chi connectivity index (χ1) is 7.79. The first-order valence-electron chi connectivity index (χ1n) is 6.25. The van der Waals surface area contributed by atoms with Crippen molar-refractivity contribution < 1.29 is 4.79 Å². The van der Waals surface area contributed by atoms with Crippen molar-refractivity contribution in [3.63, 3.8) is 0 Å². The standard InChI is InChI=1S/C15H21NO/c1-6-15(5)11-9-10(14(2,3)4)7-8-12(11)16-13(15)17/h7-9H,6H2,1-5H3,(H,16,17). The fourth-order valence-corrected chi connectivity index (χ4v) is 2.31. The summed E-state index contributed by atoms with van der Waals surface area (Å²) in [6.45, 7) is 10.7. The normalized spacial score (nSPS) is 23.5. The van der Waals surface area contributed by atoms with Crippen LogP contribution in [0.3, 0.4) is 0 Å². The Kier molecular flexibility index (Phi) is 2.57. The average molecular weight is 231 g/mol. The van der Waals surface area contributed by atoms with Crippen molar-refractivity contribution in [3.8, 4) is 0 Å². The van der Waals surface area contributed by atoms with Gasteiger partial charge in [0.15, 0.2) is 0 Å². The Balaban J connectivity index is 2.57. The zero-order valence-electron chi connectivity index (χ0n) is 11.3. The minimum absolute atomic E-state index is 0.120. The van der Waals surface area contributed by atoms with Crippen molar-refractivity contribution >= 4 is 11.6 Å². The summed E-state index contributed by atoms with van der Waals surface area (Å²) in [7, 11) is 0. The Morgan fingerprint density at radius 2 is 1.94 bits per heavy atom. The number of hydrogen-bond acceptors (Lipinski definition) is 1. The Bertz CT molecular complexity index is 470. The zero-order valence-corrected chi connectivity index (χ0v) is 11.3. The molecule has 1 amide bonds. The molecular formula is C15H21NO. The molecule has 1 aliphatic rings. The zero-order chi connectivity index (χ0) is 12.8. The minimum atomic E-state index is -0.364. The molecular weight excluding hydrogens is 210 g/mol. The van der Waals surface area contributed by atoms with Gasteiger partial charge in [-0.2, -0.15) is 0 Å². The maximum Gasteiger partial charge on any atom is 0.234 e. The van der Waals surface area contributed by atoms with Gasteiger partial charge in [-0.05, 0) is 36.0 Å². The number of carbonyl (C=O) groups excluding carboxylic acids is 1. The summed E-state index contributed by atoms with van der Waals surface area (Å²) >= 11 is 0. The second-order valence-electron chi connectivity index (χ2n) is 6.15. The van der Waals surface area contributed by atoms with E-state index < -0.39 is 0 Å². The first-order valence-corrected chi connectivity index (χ1v) is 6.25. The highest BCUT2D eigenvalue weighted by Gasteiger charge is 2.41. The van der Waals surface area contributed by atoms with Crippen LogP contribution in [0.15, 0.2) is 18.2 Å². The highest BCUT2D eigenvalue weighted by atomic mass is 16.2. The number of carbonyl (C=O) groups is 1. The van der Waals surface area contributed by atoms with E-state index in [1.165, 1.54) is 5.56 Å². The van der Waals surface area contributed by atoms with Crippen LogP contribution >= 0.6 is 0 Å². The molecule has 92 valence electrons. The van der Waals surface area contributed by atoms with Gasteiger partial charge in [0.05, 0.1) is 5.41 Å². The molecule has 1 aromatic rings. The van der Waals surface area contributed by atoms with Crippen molar-refractivity contribution in [1.82, 2.24) is 0 Å². The van der Waals surface area contributed by atoms with Gasteiger partial charge in [-0.15, -0.1) is 0 Å².